The fraction of sp³-hybridized carbons (Fsp3) is 0.600. The van der Waals surface area contributed by atoms with E-state index in [9.17, 15) is 0 Å². The Morgan fingerprint density at radius 3 is 2.25 bits per heavy atom. The van der Waals surface area contributed by atoms with E-state index in [2.05, 4.69) is 50.4 Å². The Hall–Kier alpha value is -0.820. The van der Waals surface area contributed by atoms with Crippen molar-refractivity contribution >= 4 is 0 Å². The first-order valence-electron chi connectivity index (χ1n) is 6.50. The van der Waals surface area contributed by atoms with Crippen molar-refractivity contribution in [1.29, 1.82) is 0 Å². The molecule has 16 heavy (non-hydrogen) atoms. The summed E-state index contributed by atoms with van der Waals surface area (Å²) < 4.78 is 0. The number of rotatable bonds is 5. The molecule has 0 spiro atoms. The molecule has 1 aromatic rings. The zero-order valence-electron chi connectivity index (χ0n) is 10.7. The van der Waals surface area contributed by atoms with E-state index in [1.165, 1.54) is 24.0 Å². The van der Waals surface area contributed by atoms with Crippen LogP contribution in [0.1, 0.15) is 50.7 Å². The van der Waals surface area contributed by atoms with Crippen LogP contribution in [0.5, 0.6) is 0 Å². The predicted molar refractivity (Wildman–Crippen MR) is 69.9 cm³/mol. The second-order valence-corrected chi connectivity index (χ2v) is 5.44. The minimum Gasteiger partial charge on any atom is -0.311 e. The van der Waals surface area contributed by atoms with Gasteiger partial charge in [-0.3, -0.25) is 0 Å². The zero-order valence-corrected chi connectivity index (χ0v) is 10.7. The summed E-state index contributed by atoms with van der Waals surface area (Å²) in [7, 11) is 0. The van der Waals surface area contributed by atoms with Gasteiger partial charge >= 0.3 is 0 Å². The lowest BCUT2D eigenvalue weighted by Crippen LogP contribution is -2.29. The normalized spacial score (nSPS) is 17.8. The van der Waals surface area contributed by atoms with E-state index < -0.39 is 0 Å². The highest BCUT2D eigenvalue weighted by molar-refractivity contribution is 5.25. The maximum absolute atomic E-state index is 3.64. The molecule has 0 aliphatic heterocycles. The molecule has 1 aliphatic carbocycles. The highest BCUT2D eigenvalue weighted by atomic mass is 15.0. The molecule has 1 aliphatic rings. The first-order valence-corrected chi connectivity index (χ1v) is 6.50. The van der Waals surface area contributed by atoms with Crippen molar-refractivity contribution in [3.63, 3.8) is 0 Å². The third-order valence-electron chi connectivity index (χ3n) is 3.29. The van der Waals surface area contributed by atoms with Crippen LogP contribution in [-0.4, -0.2) is 12.1 Å². The molecule has 1 aromatic carbocycles. The van der Waals surface area contributed by atoms with Gasteiger partial charge in [-0.1, -0.05) is 38.1 Å². The van der Waals surface area contributed by atoms with Crippen molar-refractivity contribution in [3.05, 3.63) is 35.4 Å². The smallest absolute Gasteiger partial charge is 0.00817 e. The van der Waals surface area contributed by atoms with E-state index in [0.29, 0.717) is 12.0 Å². The maximum atomic E-state index is 3.64. The van der Waals surface area contributed by atoms with Gasteiger partial charge in [0.05, 0.1) is 0 Å². The molecule has 1 nitrogen and oxygen atoms in total. The number of benzene rings is 1. The third-order valence-corrected chi connectivity index (χ3v) is 3.29. The molecule has 0 bridgehead atoms. The number of hydrogen-bond donors (Lipinski definition) is 1. The Morgan fingerprint density at radius 1 is 1.12 bits per heavy atom. The van der Waals surface area contributed by atoms with Crippen LogP contribution in [-0.2, 0) is 6.42 Å². The lowest BCUT2D eigenvalue weighted by molar-refractivity contribution is 0.542. The Morgan fingerprint density at radius 2 is 1.75 bits per heavy atom. The van der Waals surface area contributed by atoms with Gasteiger partial charge < -0.3 is 5.32 Å². The van der Waals surface area contributed by atoms with Crippen LogP contribution < -0.4 is 5.32 Å². The minimum atomic E-state index is 0.609. The molecule has 1 fully saturated rings. The summed E-state index contributed by atoms with van der Waals surface area (Å²) >= 11 is 0. The molecule has 1 atom stereocenters. The fourth-order valence-corrected chi connectivity index (χ4v) is 2.10. The molecule has 1 heteroatoms. The van der Waals surface area contributed by atoms with E-state index in [-0.39, 0.29) is 0 Å². The molecular weight excluding hydrogens is 194 g/mol. The van der Waals surface area contributed by atoms with Gasteiger partial charge in [0.2, 0.25) is 0 Å². The lowest BCUT2D eigenvalue weighted by Gasteiger charge is -2.14. The monoisotopic (exact) mass is 217 g/mol. The Labute approximate surface area is 99.3 Å². The maximum Gasteiger partial charge on any atom is 0.00817 e. The van der Waals surface area contributed by atoms with E-state index in [1.807, 2.05) is 0 Å². The molecule has 0 radical (unpaired) electrons. The summed E-state index contributed by atoms with van der Waals surface area (Å²) in [5, 5.41) is 3.64. The van der Waals surface area contributed by atoms with Gasteiger partial charge in [-0.25, -0.2) is 0 Å². The molecule has 0 aromatic heterocycles. The number of hydrogen-bond acceptors (Lipinski definition) is 1. The van der Waals surface area contributed by atoms with E-state index in [0.717, 1.165) is 12.5 Å². The van der Waals surface area contributed by atoms with E-state index >= 15 is 0 Å². The van der Waals surface area contributed by atoms with Gasteiger partial charge in [0.25, 0.3) is 0 Å². The van der Waals surface area contributed by atoms with E-state index in [1.54, 1.807) is 0 Å². The van der Waals surface area contributed by atoms with Crippen LogP contribution in [0.2, 0.25) is 0 Å². The lowest BCUT2D eigenvalue weighted by atomic mass is 9.99. The molecule has 2 rings (SSSR count). The largest absolute Gasteiger partial charge is 0.311 e. The molecule has 88 valence electrons. The minimum absolute atomic E-state index is 0.609. The molecule has 0 heterocycles. The predicted octanol–water partition coefficient (Wildman–Crippen LogP) is 3.49. The van der Waals surface area contributed by atoms with Gasteiger partial charge in [-0.05, 0) is 43.2 Å². The van der Waals surface area contributed by atoms with Gasteiger partial charge in [0, 0.05) is 12.1 Å². The van der Waals surface area contributed by atoms with Crippen LogP contribution in [0.25, 0.3) is 0 Å². The summed E-state index contributed by atoms with van der Waals surface area (Å²) in [5.74, 6) is 0.635. The Bertz CT molecular complexity index is 322. The SMILES string of the molecule is CC(Cc1ccc(C(C)C)cc1)NC1CC1. The van der Waals surface area contributed by atoms with Crippen molar-refractivity contribution in [2.24, 2.45) is 0 Å². The zero-order chi connectivity index (χ0) is 11.5. The van der Waals surface area contributed by atoms with Crippen LogP contribution in [0.15, 0.2) is 24.3 Å². The summed E-state index contributed by atoms with van der Waals surface area (Å²) in [5.41, 5.74) is 2.89. The summed E-state index contributed by atoms with van der Waals surface area (Å²) in [6, 6.07) is 10.5. The molecule has 0 saturated heterocycles. The molecule has 1 saturated carbocycles. The molecule has 1 unspecified atom stereocenters. The van der Waals surface area contributed by atoms with Crippen molar-refractivity contribution in [3.8, 4) is 0 Å². The fourth-order valence-electron chi connectivity index (χ4n) is 2.10. The van der Waals surface area contributed by atoms with Crippen LogP contribution >= 0.6 is 0 Å². The standard InChI is InChI=1S/C15H23N/c1-11(2)14-6-4-13(5-7-14)10-12(3)16-15-8-9-15/h4-7,11-12,15-16H,8-10H2,1-3H3. The average Bonchev–Trinajstić information content (AvgIpc) is 3.02. The van der Waals surface area contributed by atoms with Crippen LogP contribution in [0.4, 0.5) is 0 Å². The van der Waals surface area contributed by atoms with Crippen molar-refractivity contribution in [2.75, 3.05) is 0 Å². The van der Waals surface area contributed by atoms with Gasteiger partial charge in [-0.15, -0.1) is 0 Å². The van der Waals surface area contributed by atoms with Crippen molar-refractivity contribution in [2.45, 2.75) is 58.0 Å². The molecular formula is C15H23N. The first kappa shape index (κ1) is 11.7. The molecule has 1 N–H and O–H groups in total. The highest BCUT2D eigenvalue weighted by Crippen LogP contribution is 2.20. The molecule has 0 amide bonds. The van der Waals surface area contributed by atoms with E-state index in [4.69, 9.17) is 0 Å². The quantitative estimate of drug-likeness (QED) is 0.796. The summed E-state index contributed by atoms with van der Waals surface area (Å²) in [4.78, 5) is 0. The Balaban J connectivity index is 1.88. The van der Waals surface area contributed by atoms with Crippen LogP contribution in [0.3, 0.4) is 0 Å². The average molecular weight is 217 g/mol. The summed E-state index contributed by atoms with van der Waals surface area (Å²) in [6.07, 6.45) is 3.89. The Kier molecular flexibility index (Phi) is 3.65. The second kappa shape index (κ2) is 5.01. The number of nitrogens with one attached hydrogen (secondary N) is 1. The van der Waals surface area contributed by atoms with Crippen molar-refractivity contribution < 1.29 is 0 Å². The summed E-state index contributed by atoms with van der Waals surface area (Å²) in [6.45, 7) is 6.77. The van der Waals surface area contributed by atoms with Gasteiger partial charge in [0.1, 0.15) is 0 Å². The topological polar surface area (TPSA) is 12.0 Å². The van der Waals surface area contributed by atoms with Crippen LogP contribution in [0, 0.1) is 0 Å². The highest BCUT2D eigenvalue weighted by Gasteiger charge is 2.22. The second-order valence-electron chi connectivity index (χ2n) is 5.44. The first-order chi connectivity index (χ1) is 7.65. The third kappa shape index (κ3) is 3.34. The van der Waals surface area contributed by atoms with Gasteiger partial charge in [-0.2, -0.15) is 0 Å². The van der Waals surface area contributed by atoms with Gasteiger partial charge in [0.15, 0.2) is 0 Å². The van der Waals surface area contributed by atoms with Crippen molar-refractivity contribution in [1.82, 2.24) is 5.32 Å².